The zero-order chi connectivity index (χ0) is 30.2. The molecule has 3 fully saturated rings. The molecule has 1 saturated carbocycles. The van der Waals surface area contributed by atoms with Gasteiger partial charge in [-0.1, -0.05) is 0 Å². The van der Waals surface area contributed by atoms with Crippen molar-refractivity contribution in [2.24, 2.45) is 0 Å². The van der Waals surface area contributed by atoms with Gasteiger partial charge in [-0.05, 0) is 88.6 Å². The Kier molecular flexibility index (Phi) is 8.06. The first-order chi connectivity index (χ1) is 21.4. The van der Waals surface area contributed by atoms with Gasteiger partial charge in [0.2, 0.25) is 0 Å². The minimum absolute atomic E-state index is 0.0611. The van der Waals surface area contributed by atoms with Gasteiger partial charge in [0.05, 0.1) is 29.3 Å². The van der Waals surface area contributed by atoms with E-state index in [1.165, 1.54) is 18.1 Å². The van der Waals surface area contributed by atoms with Crippen LogP contribution in [0.5, 0.6) is 0 Å². The Morgan fingerprint density at radius 2 is 1.70 bits per heavy atom. The number of aryl methyl sites for hydroxylation is 2. The van der Waals surface area contributed by atoms with Gasteiger partial charge in [-0.25, -0.2) is 9.37 Å². The van der Waals surface area contributed by atoms with Gasteiger partial charge in [-0.3, -0.25) is 19.7 Å². The summed E-state index contributed by atoms with van der Waals surface area (Å²) in [5.41, 5.74) is 5.22. The Morgan fingerprint density at radius 3 is 2.45 bits per heavy atom. The van der Waals surface area contributed by atoms with Crippen molar-refractivity contribution in [3.05, 3.63) is 87.6 Å². The quantitative estimate of drug-likeness (QED) is 0.250. The van der Waals surface area contributed by atoms with E-state index in [0.29, 0.717) is 30.2 Å². The number of aromatic nitrogens is 4. The lowest BCUT2D eigenvalue weighted by atomic mass is 10.0. The number of halogens is 1. The monoisotopic (exact) mass is 595 g/mol. The van der Waals surface area contributed by atoms with Gasteiger partial charge in [0.25, 0.3) is 0 Å². The Morgan fingerprint density at radius 1 is 0.886 bits per heavy atom. The molecule has 7 rings (SSSR count). The van der Waals surface area contributed by atoms with Crippen LogP contribution in [0.15, 0.2) is 53.8 Å². The number of piperidine rings is 2. The van der Waals surface area contributed by atoms with Crippen molar-refractivity contribution in [1.82, 2.24) is 24.4 Å². The second kappa shape index (κ2) is 12.3. The minimum atomic E-state index is -0.290. The fourth-order valence-corrected chi connectivity index (χ4v) is 7.04. The molecule has 9 heteroatoms. The topological polar surface area (TPSA) is 70.4 Å². The lowest BCUT2D eigenvalue weighted by molar-refractivity contribution is 0.158. The number of pyridine rings is 2. The molecule has 0 radical (unpaired) electrons. The van der Waals surface area contributed by atoms with Crippen molar-refractivity contribution >= 4 is 22.4 Å². The molecule has 4 aromatic rings. The third-order valence-electron chi connectivity index (χ3n) is 9.54. The second-order valence-corrected chi connectivity index (χ2v) is 13.0. The van der Waals surface area contributed by atoms with Crippen LogP contribution >= 0.6 is 0 Å². The van der Waals surface area contributed by atoms with Crippen molar-refractivity contribution in [3.8, 4) is 0 Å². The van der Waals surface area contributed by atoms with Crippen LogP contribution in [0.4, 0.5) is 15.9 Å². The van der Waals surface area contributed by atoms with Crippen LogP contribution in [0.3, 0.4) is 0 Å². The molecule has 8 nitrogen and oxygen atoms in total. The van der Waals surface area contributed by atoms with Crippen LogP contribution in [0.25, 0.3) is 10.9 Å². The van der Waals surface area contributed by atoms with E-state index in [4.69, 9.17) is 0 Å². The fourth-order valence-electron chi connectivity index (χ4n) is 7.04. The number of fused-ring (bicyclic) bond motifs is 1. The summed E-state index contributed by atoms with van der Waals surface area (Å²) >= 11 is 0. The highest BCUT2D eigenvalue weighted by atomic mass is 19.1. The molecule has 0 bridgehead atoms. The summed E-state index contributed by atoms with van der Waals surface area (Å²) < 4.78 is 17.9. The summed E-state index contributed by atoms with van der Waals surface area (Å²) in [5.74, 6) is 0.601. The van der Waals surface area contributed by atoms with E-state index in [9.17, 15) is 4.79 Å². The molecular formula is C35H42FN7O. The lowest BCUT2D eigenvalue weighted by Crippen LogP contribution is -2.48. The van der Waals surface area contributed by atoms with E-state index in [2.05, 4.69) is 52.5 Å². The largest absolute Gasteiger partial charge is 0.369 e. The molecule has 1 aliphatic carbocycles. The van der Waals surface area contributed by atoms with Crippen molar-refractivity contribution in [3.63, 3.8) is 0 Å². The lowest BCUT2D eigenvalue weighted by Gasteiger charge is -2.40. The minimum Gasteiger partial charge on any atom is -0.369 e. The molecule has 44 heavy (non-hydrogen) atoms. The maximum atomic E-state index is 15.6. The second-order valence-electron chi connectivity index (χ2n) is 13.0. The average Bonchev–Trinajstić information content (AvgIpc) is 3.88. The third kappa shape index (κ3) is 6.07. The SMILES string of the molecule is Cc1cnc(N2CCCC(N(Cc3ccnc(C)c3)Cc3cn(C4CC4)c4cc(N5CCCCC5)c(F)cc4c3=O)C2)cn1. The van der Waals surface area contributed by atoms with Crippen LogP contribution in [-0.2, 0) is 13.1 Å². The Balaban J connectivity index is 1.25. The molecule has 2 saturated heterocycles. The van der Waals surface area contributed by atoms with Crippen LogP contribution in [0.1, 0.15) is 73.5 Å². The standard InChI is InChI=1S/C35H42FN7O/c1-24-15-26(10-11-37-24)20-42(29-7-6-14-41(23-29)34-19-38-25(2)18-39-34)21-27-22-43(28-8-9-28)32-17-33(40-12-4-3-5-13-40)31(36)16-30(32)35(27)44/h10-11,15-19,22,28-29H,3-9,12-14,20-21,23H2,1-2H3. The molecule has 0 N–H and O–H groups in total. The molecule has 1 aromatic carbocycles. The summed E-state index contributed by atoms with van der Waals surface area (Å²) in [6.45, 7) is 8.62. The number of anilines is 2. The molecule has 3 aromatic heterocycles. The summed E-state index contributed by atoms with van der Waals surface area (Å²) in [6.07, 6.45) is 15.2. The number of rotatable bonds is 8. The van der Waals surface area contributed by atoms with E-state index in [1.54, 1.807) is 0 Å². The van der Waals surface area contributed by atoms with Crippen LogP contribution in [0, 0.1) is 19.7 Å². The predicted molar refractivity (Wildman–Crippen MR) is 173 cm³/mol. The van der Waals surface area contributed by atoms with Gasteiger partial charge in [0, 0.05) is 80.4 Å². The van der Waals surface area contributed by atoms with Crippen molar-refractivity contribution in [2.75, 3.05) is 36.0 Å². The van der Waals surface area contributed by atoms with Gasteiger partial charge in [-0.15, -0.1) is 0 Å². The molecule has 230 valence electrons. The van der Waals surface area contributed by atoms with Crippen molar-refractivity contribution < 1.29 is 4.39 Å². The molecule has 5 heterocycles. The van der Waals surface area contributed by atoms with Gasteiger partial charge < -0.3 is 14.4 Å². The maximum Gasteiger partial charge on any atom is 0.193 e. The van der Waals surface area contributed by atoms with Gasteiger partial charge in [0.15, 0.2) is 5.43 Å². The first-order valence-corrected chi connectivity index (χ1v) is 16.2. The van der Waals surface area contributed by atoms with E-state index >= 15 is 4.39 Å². The van der Waals surface area contributed by atoms with Gasteiger partial charge in [0.1, 0.15) is 11.6 Å². The normalized spacial score (nSPS) is 19.2. The average molecular weight is 596 g/mol. The van der Waals surface area contributed by atoms with E-state index in [-0.39, 0.29) is 17.3 Å². The maximum absolute atomic E-state index is 15.6. The molecular weight excluding hydrogens is 553 g/mol. The fraction of sp³-hybridized carbons (Fsp3) is 0.486. The van der Waals surface area contributed by atoms with E-state index in [1.807, 2.05) is 38.5 Å². The summed E-state index contributed by atoms with van der Waals surface area (Å²) in [7, 11) is 0. The molecule has 0 spiro atoms. The van der Waals surface area contributed by atoms with Crippen LogP contribution in [0.2, 0.25) is 0 Å². The molecule has 3 aliphatic rings. The van der Waals surface area contributed by atoms with Crippen LogP contribution < -0.4 is 15.2 Å². The van der Waals surface area contributed by atoms with Crippen molar-refractivity contribution in [2.45, 2.75) is 84.0 Å². The van der Waals surface area contributed by atoms with Gasteiger partial charge >= 0.3 is 0 Å². The zero-order valence-corrected chi connectivity index (χ0v) is 25.9. The molecule has 0 amide bonds. The van der Waals surface area contributed by atoms with Crippen LogP contribution in [-0.4, -0.2) is 56.6 Å². The molecule has 1 unspecified atom stereocenters. The Hall–Kier alpha value is -3.85. The first-order valence-electron chi connectivity index (χ1n) is 16.2. The van der Waals surface area contributed by atoms with Crippen molar-refractivity contribution in [1.29, 1.82) is 0 Å². The Labute approximate surface area is 258 Å². The number of hydrogen-bond donors (Lipinski definition) is 0. The highest BCUT2D eigenvalue weighted by Crippen LogP contribution is 2.38. The zero-order valence-electron chi connectivity index (χ0n) is 25.9. The van der Waals surface area contributed by atoms with Gasteiger partial charge in [-0.2, -0.15) is 0 Å². The Bertz CT molecular complexity index is 1690. The molecule has 2 aliphatic heterocycles. The molecule has 1 atom stereocenters. The smallest absolute Gasteiger partial charge is 0.193 e. The predicted octanol–water partition coefficient (Wildman–Crippen LogP) is 5.94. The van der Waals surface area contributed by atoms with E-state index < -0.39 is 0 Å². The third-order valence-corrected chi connectivity index (χ3v) is 9.54. The summed E-state index contributed by atoms with van der Waals surface area (Å²) in [6, 6.07) is 8.21. The number of hydrogen-bond acceptors (Lipinski definition) is 7. The number of nitrogens with zero attached hydrogens (tertiary/aromatic N) is 7. The highest BCUT2D eigenvalue weighted by molar-refractivity contribution is 5.84. The first kappa shape index (κ1) is 28.9. The summed E-state index contributed by atoms with van der Waals surface area (Å²) in [5, 5.41) is 0.493. The number of benzene rings is 1. The highest BCUT2D eigenvalue weighted by Gasteiger charge is 2.30. The van der Waals surface area contributed by atoms with E-state index in [0.717, 1.165) is 93.0 Å². The summed E-state index contributed by atoms with van der Waals surface area (Å²) in [4.78, 5) is 34.6.